The van der Waals surface area contributed by atoms with E-state index in [1.165, 1.54) is 0 Å². The Balaban J connectivity index is 2.92. The third-order valence-electron chi connectivity index (χ3n) is 1.39. The smallest absolute Gasteiger partial charge is 0.511 e. The Morgan fingerprint density at radius 3 is 2.67 bits per heavy atom. The molecule has 1 rings (SSSR count). The van der Waals surface area contributed by atoms with Gasteiger partial charge in [0.25, 0.3) is 0 Å². The number of aryl methyl sites for hydroxylation is 1. The number of halogens is 1. The van der Waals surface area contributed by atoms with Gasteiger partial charge < -0.3 is 14.7 Å². The van der Waals surface area contributed by atoms with Crippen molar-refractivity contribution >= 4 is 18.9 Å². The number of benzene rings is 1. The van der Waals surface area contributed by atoms with E-state index in [1.54, 1.807) is 25.1 Å². The molecule has 2 N–H and O–H groups in total. The summed E-state index contributed by atoms with van der Waals surface area (Å²) < 4.78 is 4.60. The van der Waals surface area contributed by atoms with Crippen LogP contribution in [0.25, 0.3) is 0 Å². The van der Waals surface area contributed by atoms with Crippen LogP contribution < -0.4 is 4.65 Å². The van der Waals surface area contributed by atoms with E-state index in [1.807, 2.05) is 0 Å². The summed E-state index contributed by atoms with van der Waals surface area (Å²) in [6.45, 7) is 1.80. The molecule has 0 fully saturated rings. The molecule has 0 bridgehead atoms. The van der Waals surface area contributed by atoms with Gasteiger partial charge in [-0.2, -0.15) is 0 Å². The van der Waals surface area contributed by atoms with Gasteiger partial charge in [0.1, 0.15) is 5.75 Å². The summed E-state index contributed by atoms with van der Waals surface area (Å²) in [6, 6.07) is 5.09. The van der Waals surface area contributed by atoms with Crippen LogP contribution in [0.3, 0.4) is 0 Å². The average Bonchev–Trinajstić information content (AvgIpc) is 1.98. The topological polar surface area (TPSA) is 49.7 Å². The van der Waals surface area contributed by atoms with Gasteiger partial charge in [-0.25, -0.2) is 0 Å². The van der Waals surface area contributed by atoms with E-state index in [9.17, 15) is 0 Å². The van der Waals surface area contributed by atoms with Crippen molar-refractivity contribution in [2.24, 2.45) is 0 Å². The van der Waals surface area contributed by atoms with Crippen molar-refractivity contribution in [3.63, 3.8) is 0 Å². The molecule has 5 heteroatoms. The lowest BCUT2D eigenvalue weighted by Crippen LogP contribution is -2.20. The van der Waals surface area contributed by atoms with Crippen LogP contribution in [0, 0.1) is 6.92 Å². The van der Waals surface area contributed by atoms with E-state index >= 15 is 0 Å². The molecule has 0 heterocycles. The molecule has 0 saturated heterocycles. The van der Waals surface area contributed by atoms with Gasteiger partial charge in [0.05, 0.1) is 5.02 Å². The van der Waals surface area contributed by atoms with Crippen LogP contribution in [0.1, 0.15) is 5.56 Å². The number of hydrogen-bond acceptors (Lipinski definition) is 3. The zero-order valence-electron chi connectivity index (χ0n) is 6.49. The third-order valence-corrected chi connectivity index (χ3v) is 1.87. The minimum absolute atomic E-state index is 0.270. The van der Waals surface area contributed by atoms with Crippen LogP contribution in [0.15, 0.2) is 18.2 Å². The molecule has 0 unspecified atom stereocenters. The fourth-order valence-electron chi connectivity index (χ4n) is 0.825. The highest BCUT2D eigenvalue weighted by Gasteiger charge is 2.13. The molecule has 0 radical (unpaired) electrons. The largest absolute Gasteiger partial charge is 0.707 e. The van der Waals surface area contributed by atoms with Gasteiger partial charge in [-0.15, -0.1) is 0 Å². The van der Waals surface area contributed by atoms with Crippen molar-refractivity contribution in [1.82, 2.24) is 0 Å². The number of rotatable bonds is 2. The van der Waals surface area contributed by atoms with E-state index in [-0.39, 0.29) is 5.75 Å². The van der Waals surface area contributed by atoms with Crippen molar-refractivity contribution in [1.29, 1.82) is 0 Å². The SMILES string of the molecule is Cc1cccc(OB(O)O)c1Cl. The Bertz CT molecular complexity index is 277. The lowest BCUT2D eigenvalue weighted by Gasteiger charge is -2.07. The molecular formula is C7H8BClO3. The quantitative estimate of drug-likeness (QED) is 0.678. The van der Waals surface area contributed by atoms with Gasteiger partial charge in [-0.1, -0.05) is 23.7 Å². The van der Waals surface area contributed by atoms with Crippen molar-refractivity contribution in [2.45, 2.75) is 6.92 Å². The van der Waals surface area contributed by atoms with Crippen LogP contribution in [-0.4, -0.2) is 17.4 Å². The van der Waals surface area contributed by atoms with Crippen molar-refractivity contribution in [3.8, 4) is 5.75 Å². The normalized spacial score (nSPS) is 9.67. The summed E-state index contributed by atoms with van der Waals surface area (Å²) in [7, 11) is -1.83. The molecule has 1 aromatic rings. The van der Waals surface area contributed by atoms with Crippen LogP contribution in [-0.2, 0) is 0 Å². The Morgan fingerprint density at radius 2 is 2.08 bits per heavy atom. The van der Waals surface area contributed by atoms with Crippen LogP contribution in [0.2, 0.25) is 5.02 Å². The Morgan fingerprint density at radius 1 is 1.42 bits per heavy atom. The zero-order chi connectivity index (χ0) is 9.14. The molecule has 0 aliphatic heterocycles. The van der Waals surface area contributed by atoms with Crippen molar-refractivity contribution in [2.75, 3.05) is 0 Å². The van der Waals surface area contributed by atoms with Crippen molar-refractivity contribution < 1.29 is 14.7 Å². The molecule has 1 aromatic carbocycles. The highest BCUT2D eigenvalue weighted by atomic mass is 35.5. The molecular weight excluding hydrogens is 178 g/mol. The molecule has 0 amide bonds. The van der Waals surface area contributed by atoms with Gasteiger partial charge in [0.2, 0.25) is 0 Å². The summed E-state index contributed by atoms with van der Waals surface area (Å²) in [4.78, 5) is 0. The molecule has 3 nitrogen and oxygen atoms in total. The maximum Gasteiger partial charge on any atom is 0.707 e. The summed E-state index contributed by atoms with van der Waals surface area (Å²) in [6.07, 6.45) is 0. The fraction of sp³-hybridized carbons (Fsp3) is 0.143. The van der Waals surface area contributed by atoms with E-state index in [4.69, 9.17) is 21.6 Å². The summed E-state index contributed by atoms with van der Waals surface area (Å²) >= 11 is 5.79. The summed E-state index contributed by atoms with van der Waals surface area (Å²) in [5.41, 5.74) is 0.829. The molecule has 0 aliphatic rings. The van der Waals surface area contributed by atoms with Gasteiger partial charge >= 0.3 is 7.32 Å². The molecule has 0 aliphatic carbocycles. The zero-order valence-corrected chi connectivity index (χ0v) is 7.25. The maximum atomic E-state index is 8.50. The molecule has 0 saturated carbocycles. The molecule has 12 heavy (non-hydrogen) atoms. The summed E-state index contributed by atoms with van der Waals surface area (Å²) in [5, 5.41) is 17.4. The fourth-order valence-corrected chi connectivity index (χ4v) is 0.996. The van der Waals surface area contributed by atoms with Gasteiger partial charge in [0.15, 0.2) is 0 Å². The Labute approximate surface area is 75.7 Å². The Hall–Kier alpha value is -0.705. The van der Waals surface area contributed by atoms with Crippen LogP contribution in [0.4, 0.5) is 0 Å². The highest BCUT2D eigenvalue weighted by Crippen LogP contribution is 2.27. The monoisotopic (exact) mass is 186 g/mol. The lowest BCUT2D eigenvalue weighted by atomic mass is 10.2. The standard InChI is InChI=1S/C7H8BClO3/c1-5-3-2-4-6(7(5)9)12-8(10)11/h2-4,10-11H,1H3. The van der Waals surface area contributed by atoms with Gasteiger partial charge in [-0.05, 0) is 18.6 Å². The first-order valence-electron chi connectivity index (χ1n) is 3.39. The Kier molecular flexibility index (Phi) is 2.97. The lowest BCUT2D eigenvalue weighted by molar-refractivity contribution is 0.288. The second-order valence-electron chi connectivity index (χ2n) is 2.33. The molecule has 0 aromatic heterocycles. The van der Waals surface area contributed by atoms with Gasteiger partial charge in [-0.3, -0.25) is 0 Å². The first kappa shape index (κ1) is 9.38. The van der Waals surface area contributed by atoms with Crippen LogP contribution in [0.5, 0.6) is 5.75 Å². The minimum atomic E-state index is -1.83. The van der Waals surface area contributed by atoms with E-state index in [2.05, 4.69) is 4.65 Å². The second kappa shape index (κ2) is 3.80. The van der Waals surface area contributed by atoms with E-state index < -0.39 is 7.32 Å². The predicted molar refractivity (Wildman–Crippen MR) is 47.0 cm³/mol. The van der Waals surface area contributed by atoms with E-state index in [0.29, 0.717) is 5.02 Å². The van der Waals surface area contributed by atoms with Gasteiger partial charge in [0, 0.05) is 0 Å². The summed E-state index contributed by atoms with van der Waals surface area (Å²) in [5.74, 6) is 0.270. The predicted octanol–water partition coefficient (Wildman–Crippen LogP) is 0.997. The van der Waals surface area contributed by atoms with Crippen molar-refractivity contribution in [3.05, 3.63) is 28.8 Å². The molecule has 0 spiro atoms. The number of hydrogen-bond donors (Lipinski definition) is 2. The molecule has 64 valence electrons. The molecule has 0 atom stereocenters. The highest BCUT2D eigenvalue weighted by molar-refractivity contribution is 6.36. The first-order chi connectivity index (χ1) is 5.61. The third kappa shape index (κ3) is 2.14. The van der Waals surface area contributed by atoms with Crippen LogP contribution >= 0.6 is 11.6 Å². The maximum absolute atomic E-state index is 8.50. The average molecular weight is 186 g/mol. The first-order valence-corrected chi connectivity index (χ1v) is 3.77. The second-order valence-corrected chi connectivity index (χ2v) is 2.71. The minimum Gasteiger partial charge on any atom is -0.511 e. The van der Waals surface area contributed by atoms with E-state index in [0.717, 1.165) is 5.56 Å².